The van der Waals surface area contributed by atoms with Crippen LogP contribution in [0.25, 0.3) is 0 Å². The summed E-state index contributed by atoms with van der Waals surface area (Å²) in [5, 5.41) is 2.31. The first-order chi connectivity index (χ1) is 9.93. The molecule has 1 N–H and O–H groups in total. The van der Waals surface area contributed by atoms with Crippen LogP contribution in [0.4, 0.5) is 27.6 Å². The fraction of sp³-hybridized carbons (Fsp3) is 0.571. The molecule has 0 heterocycles. The van der Waals surface area contributed by atoms with E-state index in [1.165, 1.54) is 0 Å². The summed E-state index contributed by atoms with van der Waals surface area (Å²) in [6.07, 6.45) is 4.44. The van der Waals surface area contributed by atoms with Crippen LogP contribution < -0.4 is 5.32 Å². The molecule has 0 atom stereocenters. The number of nitrogens with one attached hydrogen (secondary N) is 1. The van der Waals surface area contributed by atoms with Crippen molar-refractivity contribution in [2.45, 2.75) is 31.7 Å². The zero-order valence-corrected chi connectivity index (χ0v) is 11.7. The van der Waals surface area contributed by atoms with Crippen LogP contribution in [0.15, 0.2) is 0 Å². The van der Waals surface area contributed by atoms with Crippen LogP contribution in [0.5, 0.6) is 0 Å². The number of anilines is 1. The SMILES string of the molecule is CN(CCNc1c(F)c(F)c(F)c(F)c1F)C1CCCC1. The minimum atomic E-state index is -2.14. The molecule has 1 aliphatic carbocycles. The van der Waals surface area contributed by atoms with Crippen molar-refractivity contribution >= 4 is 5.69 Å². The van der Waals surface area contributed by atoms with Gasteiger partial charge in [0.2, 0.25) is 5.82 Å². The van der Waals surface area contributed by atoms with Gasteiger partial charge >= 0.3 is 0 Å². The molecule has 21 heavy (non-hydrogen) atoms. The van der Waals surface area contributed by atoms with Crippen LogP contribution in [0.1, 0.15) is 25.7 Å². The summed E-state index contributed by atoms with van der Waals surface area (Å²) in [5.74, 6) is -9.65. The van der Waals surface area contributed by atoms with E-state index >= 15 is 0 Å². The maximum Gasteiger partial charge on any atom is 0.200 e. The molecule has 1 aromatic rings. The smallest absolute Gasteiger partial charge is 0.200 e. The molecule has 1 aromatic carbocycles. The highest BCUT2D eigenvalue weighted by molar-refractivity contribution is 5.47. The van der Waals surface area contributed by atoms with Gasteiger partial charge in [-0.2, -0.15) is 0 Å². The summed E-state index contributed by atoms with van der Waals surface area (Å²) in [5.41, 5.74) is -0.966. The molecule has 1 aliphatic rings. The second kappa shape index (κ2) is 6.60. The Kier molecular flexibility index (Phi) is 5.03. The lowest BCUT2D eigenvalue weighted by atomic mass is 10.2. The zero-order chi connectivity index (χ0) is 15.6. The molecule has 1 saturated carbocycles. The topological polar surface area (TPSA) is 15.3 Å². The highest BCUT2D eigenvalue weighted by Gasteiger charge is 2.26. The molecule has 0 aliphatic heterocycles. The van der Waals surface area contributed by atoms with Crippen molar-refractivity contribution in [3.63, 3.8) is 0 Å². The molecular formula is C14H17F5N2. The van der Waals surface area contributed by atoms with Crippen LogP contribution in [0.3, 0.4) is 0 Å². The summed E-state index contributed by atoms with van der Waals surface area (Å²) in [4.78, 5) is 2.03. The fourth-order valence-corrected chi connectivity index (χ4v) is 2.64. The highest BCUT2D eigenvalue weighted by Crippen LogP contribution is 2.27. The Bertz CT molecular complexity index is 486. The summed E-state index contributed by atoms with van der Waals surface area (Å²) in [7, 11) is 1.89. The van der Waals surface area contributed by atoms with Gasteiger partial charge in [0, 0.05) is 19.1 Å². The number of rotatable bonds is 5. The van der Waals surface area contributed by atoms with E-state index < -0.39 is 34.8 Å². The number of hydrogen-bond acceptors (Lipinski definition) is 2. The lowest BCUT2D eigenvalue weighted by Crippen LogP contribution is -2.33. The fourth-order valence-electron chi connectivity index (χ4n) is 2.64. The van der Waals surface area contributed by atoms with Crippen molar-refractivity contribution in [1.29, 1.82) is 0 Å². The number of hydrogen-bond donors (Lipinski definition) is 1. The first-order valence-corrected chi connectivity index (χ1v) is 6.89. The molecule has 0 saturated heterocycles. The molecule has 118 valence electrons. The molecule has 1 fully saturated rings. The second-order valence-corrected chi connectivity index (χ2v) is 5.29. The Hall–Kier alpha value is -1.37. The van der Waals surface area contributed by atoms with E-state index in [0.717, 1.165) is 25.7 Å². The first kappa shape index (κ1) is 16.0. The molecule has 0 aromatic heterocycles. The van der Waals surface area contributed by atoms with Crippen LogP contribution in [-0.4, -0.2) is 31.1 Å². The van der Waals surface area contributed by atoms with E-state index in [-0.39, 0.29) is 6.54 Å². The van der Waals surface area contributed by atoms with Gasteiger partial charge in [-0.15, -0.1) is 0 Å². The predicted molar refractivity (Wildman–Crippen MR) is 69.6 cm³/mol. The largest absolute Gasteiger partial charge is 0.379 e. The number of halogens is 5. The molecule has 0 amide bonds. The third kappa shape index (κ3) is 3.28. The number of nitrogens with zero attached hydrogens (tertiary/aromatic N) is 1. The Morgan fingerprint density at radius 1 is 0.905 bits per heavy atom. The molecule has 7 heteroatoms. The number of benzene rings is 1. The lowest BCUT2D eigenvalue weighted by Gasteiger charge is -2.24. The average Bonchev–Trinajstić information content (AvgIpc) is 3.01. The van der Waals surface area contributed by atoms with E-state index in [0.29, 0.717) is 12.6 Å². The summed E-state index contributed by atoms with van der Waals surface area (Å²) >= 11 is 0. The van der Waals surface area contributed by atoms with Gasteiger partial charge in [-0.3, -0.25) is 0 Å². The van der Waals surface area contributed by atoms with Crippen molar-refractivity contribution in [3.8, 4) is 0 Å². The van der Waals surface area contributed by atoms with Crippen molar-refractivity contribution in [2.24, 2.45) is 0 Å². The Morgan fingerprint density at radius 2 is 1.38 bits per heavy atom. The molecule has 0 bridgehead atoms. The quantitative estimate of drug-likeness (QED) is 0.507. The van der Waals surface area contributed by atoms with E-state index in [2.05, 4.69) is 5.32 Å². The van der Waals surface area contributed by atoms with Gasteiger partial charge in [-0.1, -0.05) is 12.8 Å². The first-order valence-electron chi connectivity index (χ1n) is 6.89. The van der Waals surface area contributed by atoms with Crippen molar-refractivity contribution in [1.82, 2.24) is 4.90 Å². The van der Waals surface area contributed by atoms with Gasteiger partial charge in [-0.25, -0.2) is 22.0 Å². The van der Waals surface area contributed by atoms with Crippen molar-refractivity contribution in [2.75, 3.05) is 25.5 Å². The van der Waals surface area contributed by atoms with Gasteiger partial charge in [0.25, 0.3) is 0 Å². The molecule has 0 unspecified atom stereocenters. The van der Waals surface area contributed by atoms with Gasteiger partial charge < -0.3 is 10.2 Å². The minimum Gasteiger partial charge on any atom is -0.379 e. The summed E-state index contributed by atoms with van der Waals surface area (Å²) in [6, 6.07) is 0.420. The molecular weight excluding hydrogens is 291 g/mol. The Balaban J connectivity index is 2.00. The Labute approximate surface area is 119 Å². The summed E-state index contributed by atoms with van der Waals surface area (Å²) in [6.45, 7) is 0.565. The van der Waals surface area contributed by atoms with Gasteiger partial charge in [-0.05, 0) is 19.9 Å². The van der Waals surface area contributed by atoms with Crippen LogP contribution in [0, 0.1) is 29.1 Å². The minimum absolute atomic E-state index is 0.103. The average molecular weight is 308 g/mol. The normalized spacial score (nSPS) is 16.0. The van der Waals surface area contributed by atoms with Crippen LogP contribution in [0.2, 0.25) is 0 Å². The lowest BCUT2D eigenvalue weighted by molar-refractivity contribution is 0.254. The summed E-state index contributed by atoms with van der Waals surface area (Å²) < 4.78 is 65.8. The third-order valence-corrected chi connectivity index (χ3v) is 3.92. The van der Waals surface area contributed by atoms with Gasteiger partial charge in [0.05, 0.1) is 0 Å². The van der Waals surface area contributed by atoms with Gasteiger partial charge in [0.15, 0.2) is 23.3 Å². The van der Waals surface area contributed by atoms with Gasteiger partial charge in [0.1, 0.15) is 5.69 Å². The maximum atomic E-state index is 13.4. The Morgan fingerprint density at radius 3 is 1.90 bits per heavy atom. The van der Waals surface area contributed by atoms with Crippen molar-refractivity contribution < 1.29 is 22.0 Å². The molecule has 0 radical (unpaired) electrons. The maximum absolute atomic E-state index is 13.4. The van der Waals surface area contributed by atoms with E-state index in [4.69, 9.17) is 0 Å². The highest BCUT2D eigenvalue weighted by atomic mass is 19.2. The van der Waals surface area contributed by atoms with Crippen LogP contribution in [-0.2, 0) is 0 Å². The molecule has 0 spiro atoms. The zero-order valence-electron chi connectivity index (χ0n) is 11.7. The standard InChI is InChI=1S/C14H17F5N2/c1-21(8-4-2-3-5-8)7-6-20-14-12(18)10(16)9(15)11(17)13(14)19/h8,20H,2-7H2,1H3. The number of likely N-dealkylation sites (N-methyl/N-ethyl adjacent to an activating group) is 1. The van der Waals surface area contributed by atoms with E-state index in [1.54, 1.807) is 0 Å². The third-order valence-electron chi connectivity index (χ3n) is 3.92. The monoisotopic (exact) mass is 308 g/mol. The predicted octanol–water partition coefficient (Wildman–Crippen LogP) is 3.67. The van der Waals surface area contributed by atoms with E-state index in [9.17, 15) is 22.0 Å². The molecule has 2 nitrogen and oxygen atoms in total. The van der Waals surface area contributed by atoms with Crippen molar-refractivity contribution in [3.05, 3.63) is 29.1 Å². The van der Waals surface area contributed by atoms with E-state index in [1.807, 2.05) is 11.9 Å². The molecule has 2 rings (SSSR count). The van der Waals surface area contributed by atoms with Crippen LogP contribution >= 0.6 is 0 Å². The second-order valence-electron chi connectivity index (χ2n) is 5.29.